The van der Waals surface area contributed by atoms with E-state index in [2.05, 4.69) is 35.0 Å². The fourth-order valence-electron chi connectivity index (χ4n) is 3.53. The first-order valence-electron chi connectivity index (χ1n) is 8.59. The summed E-state index contributed by atoms with van der Waals surface area (Å²) in [7, 11) is 0. The third kappa shape index (κ3) is 3.33. The molecule has 1 aromatic carbocycles. The third-order valence-electron chi connectivity index (χ3n) is 4.70. The normalized spacial score (nSPS) is 17.9. The van der Waals surface area contributed by atoms with Gasteiger partial charge in [0, 0.05) is 13.1 Å². The van der Waals surface area contributed by atoms with Gasteiger partial charge >= 0.3 is 0 Å². The summed E-state index contributed by atoms with van der Waals surface area (Å²) in [6.45, 7) is 4.57. The van der Waals surface area contributed by atoms with Gasteiger partial charge in [-0.15, -0.1) is 0 Å². The summed E-state index contributed by atoms with van der Waals surface area (Å²) in [4.78, 5) is 4.76. The van der Waals surface area contributed by atoms with Gasteiger partial charge in [0.15, 0.2) is 0 Å². The first kappa shape index (κ1) is 15.5. The zero-order chi connectivity index (χ0) is 15.4. The van der Waals surface area contributed by atoms with Crippen molar-refractivity contribution in [1.29, 1.82) is 0 Å². The second kappa shape index (κ2) is 6.80. The molecule has 2 aromatic rings. The first-order chi connectivity index (χ1) is 10.7. The Balaban J connectivity index is 1.69. The highest BCUT2D eigenvalue weighted by Gasteiger charge is 2.28. The zero-order valence-corrected chi connectivity index (χ0v) is 13.5. The molecule has 1 aliphatic rings. The molecule has 120 valence electrons. The van der Waals surface area contributed by atoms with Crippen LogP contribution < -0.4 is 5.32 Å². The first-order valence-corrected chi connectivity index (χ1v) is 8.59. The van der Waals surface area contributed by atoms with Crippen LogP contribution in [0.1, 0.15) is 51.3 Å². The Kier molecular flexibility index (Phi) is 4.79. The predicted octanol–water partition coefficient (Wildman–Crippen LogP) is 3.23. The van der Waals surface area contributed by atoms with Crippen LogP contribution in [-0.2, 0) is 13.1 Å². The predicted molar refractivity (Wildman–Crippen MR) is 89.8 cm³/mol. The van der Waals surface area contributed by atoms with E-state index < -0.39 is 5.60 Å². The second-order valence-corrected chi connectivity index (χ2v) is 6.56. The van der Waals surface area contributed by atoms with Gasteiger partial charge in [0.2, 0.25) is 0 Å². The van der Waals surface area contributed by atoms with Gasteiger partial charge in [-0.05, 0) is 31.4 Å². The lowest BCUT2D eigenvalue weighted by Crippen LogP contribution is -2.42. The largest absolute Gasteiger partial charge is 0.389 e. The standard InChI is InChI=1S/C18H27N3O/c1-2-12-21-16-9-5-4-8-15(16)20-17(21)13-19-14-18(22)10-6-3-7-11-18/h4-5,8-9,19,22H,2-3,6-7,10-14H2,1H3. The fraction of sp³-hybridized carbons (Fsp3) is 0.611. The maximum absolute atomic E-state index is 10.6. The molecule has 0 bridgehead atoms. The SMILES string of the molecule is CCCn1c(CNCC2(O)CCCCC2)nc2ccccc21. The highest BCUT2D eigenvalue weighted by Crippen LogP contribution is 2.27. The number of rotatable bonds is 6. The molecule has 1 heterocycles. The number of benzene rings is 1. The maximum atomic E-state index is 10.6. The van der Waals surface area contributed by atoms with Crippen molar-refractivity contribution in [3.8, 4) is 0 Å². The monoisotopic (exact) mass is 301 g/mol. The maximum Gasteiger partial charge on any atom is 0.123 e. The summed E-state index contributed by atoms with van der Waals surface area (Å²) in [6, 6.07) is 8.31. The Hall–Kier alpha value is -1.39. The molecule has 4 nitrogen and oxygen atoms in total. The molecule has 0 amide bonds. The van der Waals surface area contributed by atoms with Crippen LogP contribution in [-0.4, -0.2) is 26.8 Å². The van der Waals surface area contributed by atoms with Gasteiger partial charge in [-0.25, -0.2) is 4.98 Å². The van der Waals surface area contributed by atoms with Crippen LogP contribution in [0.2, 0.25) is 0 Å². The minimum absolute atomic E-state index is 0.514. The number of aliphatic hydroxyl groups is 1. The van der Waals surface area contributed by atoms with E-state index in [-0.39, 0.29) is 0 Å². The number of aromatic nitrogens is 2. The lowest BCUT2D eigenvalue weighted by atomic mass is 9.85. The Morgan fingerprint density at radius 1 is 1.23 bits per heavy atom. The minimum Gasteiger partial charge on any atom is -0.389 e. The molecule has 0 spiro atoms. The summed E-state index contributed by atoms with van der Waals surface area (Å²) < 4.78 is 2.30. The number of nitrogens with zero attached hydrogens (tertiary/aromatic N) is 2. The smallest absolute Gasteiger partial charge is 0.123 e. The molecular formula is C18H27N3O. The van der Waals surface area contributed by atoms with Crippen molar-refractivity contribution < 1.29 is 5.11 Å². The van der Waals surface area contributed by atoms with Crippen molar-refractivity contribution >= 4 is 11.0 Å². The molecule has 1 saturated carbocycles. The number of imidazole rings is 1. The van der Waals surface area contributed by atoms with Crippen LogP contribution in [0.5, 0.6) is 0 Å². The van der Waals surface area contributed by atoms with E-state index >= 15 is 0 Å². The van der Waals surface area contributed by atoms with E-state index in [1.165, 1.54) is 11.9 Å². The van der Waals surface area contributed by atoms with Gasteiger partial charge in [0.05, 0.1) is 23.2 Å². The molecule has 2 N–H and O–H groups in total. The van der Waals surface area contributed by atoms with Gasteiger partial charge in [-0.3, -0.25) is 0 Å². The summed E-state index contributed by atoms with van der Waals surface area (Å²) in [6.07, 6.45) is 6.49. The molecule has 22 heavy (non-hydrogen) atoms. The Morgan fingerprint density at radius 3 is 2.77 bits per heavy atom. The number of nitrogens with one attached hydrogen (secondary N) is 1. The molecule has 0 atom stereocenters. The minimum atomic E-state index is -0.514. The molecular weight excluding hydrogens is 274 g/mol. The summed E-state index contributed by atoms with van der Waals surface area (Å²) in [5.41, 5.74) is 1.75. The fourth-order valence-corrected chi connectivity index (χ4v) is 3.53. The van der Waals surface area contributed by atoms with Gasteiger partial charge < -0.3 is 15.0 Å². The van der Waals surface area contributed by atoms with Crippen LogP contribution in [0.3, 0.4) is 0 Å². The Labute approximate surface area is 132 Å². The Morgan fingerprint density at radius 2 is 2.00 bits per heavy atom. The van der Waals surface area contributed by atoms with Crippen molar-refractivity contribution in [3.63, 3.8) is 0 Å². The highest BCUT2D eigenvalue weighted by molar-refractivity contribution is 5.75. The van der Waals surface area contributed by atoms with Crippen molar-refractivity contribution in [2.45, 2.75) is 64.1 Å². The van der Waals surface area contributed by atoms with Gasteiger partial charge in [0.1, 0.15) is 5.82 Å². The molecule has 1 aromatic heterocycles. The molecule has 1 aliphatic carbocycles. The van der Waals surface area contributed by atoms with Crippen LogP contribution in [0.4, 0.5) is 0 Å². The number of aryl methyl sites for hydroxylation is 1. The zero-order valence-electron chi connectivity index (χ0n) is 13.5. The molecule has 0 saturated heterocycles. The van der Waals surface area contributed by atoms with E-state index in [9.17, 15) is 5.11 Å². The van der Waals surface area contributed by atoms with Crippen molar-refractivity contribution in [2.75, 3.05) is 6.54 Å². The number of para-hydroxylation sites is 2. The highest BCUT2D eigenvalue weighted by atomic mass is 16.3. The molecule has 0 unspecified atom stereocenters. The quantitative estimate of drug-likeness (QED) is 0.861. The number of hydrogen-bond acceptors (Lipinski definition) is 3. The van der Waals surface area contributed by atoms with Crippen LogP contribution in [0, 0.1) is 0 Å². The number of fused-ring (bicyclic) bond motifs is 1. The average Bonchev–Trinajstić information content (AvgIpc) is 2.86. The second-order valence-electron chi connectivity index (χ2n) is 6.56. The molecule has 1 fully saturated rings. The van der Waals surface area contributed by atoms with E-state index in [0.717, 1.165) is 56.5 Å². The molecule has 0 aliphatic heterocycles. The van der Waals surface area contributed by atoms with Crippen molar-refractivity contribution in [1.82, 2.24) is 14.9 Å². The van der Waals surface area contributed by atoms with Crippen LogP contribution in [0.15, 0.2) is 24.3 Å². The van der Waals surface area contributed by atoms with E-state index in [1.54, 1.807) is 0 Å². The lowest BCUT2D eigenvalue weighted by Gasteiger charge is -2.32. The van der Waals surface area contributed by atoms with E-state index in [1.807, 2.05) is 6.07 Å². The van der Waals surface area contributed by atoms with Gasteiger partial charge in [-0.2, -0.15) is 0 Å². The van der Waals surface area contributed by atoms with Crippen LogP contribution >= 0.6 is 0 Å². The van der Waals surface area contributed by atoms with Gasteiger partial charge in [-0.1, -0.05) is 38.3 Å². The van der Waals surface area contributed by atoms with Crippen molar-refractivity contribution in [2.24, 2.45) is 0 Å². The Bertz CT molecular complexity index is 614. The lowest BCUT2D eigenvalue weighted by molar-refractivity contribution is 0.00451. The third-order valence-corrected chi connectivity index (χ3v) is 4.70. The molecule has 3 rings (SSSR count). The van der Waals surface area contributed by atoms with Gasteiger partial charge in [0.25, 0.3) is 0 Å². The van der Waals surface area contributed by atoms with Crippen LogP contribution in [0.25, 0.3) is 11.0 Å². The summed E-state index contributed by atoms with van der Waals surface area (Å²) >= 11 is 0. The van der Waals surface area contributed by atoms with E-state index in [0.29, 0.717) is 6.54 Å². The summed E-state index contributed by atoms with van der Waals surface area (Å²) in [5, 5.41) is 14.0. The summed E-state index contributed by atoms with van der Waals surface area (Å²) in [5.74, 6) is 1.07. The molecule has 0 radical (unpaired) electrons. The molecule has 4 heteroatoms. The van der Waals surface area contributed by atoms with Crippen molar-refractivity contribution in [3.05, 3.63) is 30.1 Å². The topological polar surface area (TPSA) is 50.1 Å². The average molecular weight is 301 g/mol. The number of hydrogen-bond donors (Lipinski definition) is 2. The van der Waals surface area contributed by atoms with E-state index in [4.69, 9.17) is 4.98 Å².